The molecular formula is C28H33ClN2O6S. The van der Waals surface area contributed by atoms with Crippen LogP contribution in [0.3, 0.4) is 0 Å². The molecule has 0 aliphatic heterocycles. The molecule has 0 unspecified atom stereocenters. The number of methoxy groups -OCH3 is 2. The zero-order chi connectivity index (χ0) is 27.7. The Kier molecular flexibility index (Phi) is 10.3. The third-order valence-corrected chi connectivity index (χ3v) is 7.63. The van der Waals surface area contributed by atoms with E-state index < -0.39 is 22.5 Å². The van der Waals surface area contributed by atoms with Gasteiger partial charge < -0.3 is 19.5 Å². The van der Waals surface area contributed by atoms with Crippen molar-refractivity contribution in [3.8, 4) is 17.2 Å². The SMILES string of the molecule is COc1ccc(S(=O)(=O)N(CC(=O)NCCCc2ccc(OC(C)C)cc2)c2ccc(Cl)cc2)cc1OC. The smallest absolute Gasteiger partial charge is 0.264 e. The third-order valence-electron chi connectivity index (χ3n) is 5.60. The first-order chi connectivity index (χ1) is 18.1. The van der Waals surface area contributed by atoms with Gasteiger partial charge in [-0.2, -0.15) is 0 Å². The number of ether oxygens (including phenoxy) is 3. The van der Waals surface area contributed by atoms with Gasteiger partial charge in [0.2, 0.25) is 5.91 Å². The molecule has 3 rings (SSSR count). The number of amides is 1. The van der Waals surface area contributed by atoms with E-state index in [-0.39, 0.29) is 16.7 Å². The van der Waals surface area contributed by atoms with Crippen LogP contribution in [0, 0.1) is 0 Å². The molecule has 0 fully saturated rings. The first kappa shape index (κ1) is 29.1. The predicted molar refractivity (Wildman–Crippen MR) is 149 cm³/mol. The molecule has 3 aromatic carbocycles. The summed E-state index contributed by atoms with van der Waals surface area (Å²) in [6.45, 7) is 3.95. The van der Waals surface area contributed by atoms with Crippen LogP contribution in [0.5, 0.6) is 17.2 Å². The lowest BCUT2D eigenvalue weighted by molar-refractivity contribution is -0.119. The van der Waals surface area contributed by atoms with Crippen molar-refractivity contribution in [2.45, 2.75) is 37.7 Å². The highest BCUT2D eigenvalue weighted by atomic mass is 35.5. The van der Waals surface area contributed by atoms with Crippen molar-refractivity contribution in [2.24, 2.45) is 0 Å². The first-order valence-corrected chi connectivity index (χ1v) is 14.0. The topological polar surface area (TPSA) is 94.2 Å². The summed E-state index contributed by atoms with van der Waals surface area (Å²) in [7, 11) is -1.24. The Bertz CT molecular complexity index is 1310. The third kappa shape index (κ3) is 7.79. The molecule has 0 saturated carbocycles. The minimum Gasteiger partial charge on any atom is -0.493 e. The number of nitrogens with one attached hydrogen (secondary N) is 1. The Hall–Kier alpha value is -3.43. The molecule has 3 aromatic rings. The van der Waals surface area contributed by atoms with Gasteiger partial charge in [-0.15, -0.1) is 0 Å². The molecule has 0 spiro atoms. The highest BCUT2D eigenvalue weighted by Gasteiger charge is 2.28. The summed E-state index contributed by atoms with van der Waals surface area (Å²) in [5.41, 5.74) is 1.43. The van der Waals surface area contributed by atoms with E-state index in [1.807, 2.05) is 38.1 Å². The molecule has 10 heteroatoms. The number of halogens is 1. The van der Waals surface area contributed by atoms with E-state index in [2.05, 4.69) is 5.32 Å². The molecule has 0 bridgehead atoms. The van der Waals surface area contributed by atoms with Crippen molar-refractivity contribution in [1.29, 1.82) is 0 Å². The van der Waals surface area contributed by atoms with E-state index >= 15 is 0 Å². The van der Waals surface area contributed by atoms with E-state index in [9.17, 15) is 13.2 Å². The van der Waals surface area contributed by atoms with Crippen molar-refractivity contribution in [2.75, 3.05) is 31.6 Å². The van der Waals surface area contributed by atoms with Gasteiger partial charge in [0.05, 0.1) is 30.9 Å². The monoisotopic (exact) mass is 560 g/mol. The van der Waals surface area contributed by atoms with Crippen LogP contribution in [-0.2, 0) is 21.2 Å². The predicted octanol–water partition coefficient (Wildman–Crippen LogP) is 5.09. The molecule has 0 atom stereocenters. The zero-order valence-corrected chi connectivity index (χ0v) is 23.5. The van der Waals surface area contributed by atoms with Crippen LogP contribution in [0.2, 0.25) is 5.02 Å². The minimum atomic E-state index is -4.12. The summed E-state index contributed by atoms with van der Waals surface area (Å²) in [6, 6.07) is 18.4. The fourth-order valence-electron chi connectivity index (χ4n) is 3.74. The Morgan fingerprint density at radius 1 is 0.947 bits per heavy atom. The number of carbonyl (C=O) groups excluding carboxylic acids is 1. The van der Waals surface area contributed by atoms with Gasteiger partial charge in [-0.05, 0) is 80.8 Å². The first-order valence-electron chi connectivity index (χ1n) is 12.2. The van der Waals surface area contributed by atoms with Crippen LogP contribution in [0.25, 0.3) is 0 Å². The summed E-state index contributed by atoms with van der Waals surface area (Å²) in [5.74, 6) is 1.04. The Morgan fingerprint density at radius 2 is 1.61 bits per heavy atom. The van der Waals surface area contributed by atoms with Crippen LogP contribution in [-0.4, -0.2) is 47.7 Å². The number of hydrogen-bond donors (Lipinski definition) is 1. The highest BCUT2D eigenvalue weighted by Crippen LogP contribution is 2.32. The van der Waals surface area contributed by atoms with Gasteiger partial charge in [0.1, 0.15) is 12.3 Å². The summed E-state index contributed by atoms with van der Waals surface area (Å²) in [5, 5.41) is 3.28. The van der Waals surface area contributed by atoms with Gasteiger partial charge in [-0.3, -0.25) is 9.10 Å². The lowest BCUT2D eigenvalue weighted by atomic mass is 10.1. The largest absolute Gasteiger partial charge is 0.493 e. The Labute approximate surface area is 229 Å². The van der Waals surface area contributed by atoms with Crippen molar-refractivity contribution in [3.63, 3.8) is 0 Å². The summed E-state index contributed by atoms with van der Waals surface area (Å²) in [4.78, 5) is 12.8. The second kappa shape index (κ2) is 13.4. The number of benzene rings is 3. The summed E-state index contributed by atoms with van der Waals surface area (Å²) < 4.78 is 44.5. The van der Waals surface area contributed by atoms with Crippen molar-refractivity contribution in [3.05, 3.63) is 77.3 Å². The van der Waals surface area contributed by atoms with Crippen LogP contribution in [0.1, 0.15) is 25.8 Å². The maximum absolute atomic E-state index is 13.6. The maximum atomic E-state index is 13.6. The highest BCUT2D eigenvalue weighted by molar-refractivity contribution is 7.92. The molecule has 38 heavy (non-hydrogen) atoms. The number of aryl methyl sites for hydroxylation is 1. The van der Waals surface area contributed by atoms with Gasteiger partial charge >= 0.3 is 0 Å². The molecule has 0 radical (unpaired) electrons. The number of hydrogen-bond acceptors (Lipinski definition) is 6. The van der Waals surface area contributed by atoms with Crippen molar-refractivity contribution >= 4 is 33.2 Å². The Balaban J connectivity index is 1.69. The van der Waals surface area contributed by atoms with E-state index in [0.29, 0.717) is 29.4 Å². The lowest BCUT2D eigenvalue weighted by Gasteiger charge is -2.24. The fraction of sp³-hybridized carbons (Fsp3) is 0.321. The maximum Gasteiger partial charge on any atom is 0.264 e. The molecule has 0 aromatic heterocycles. The van der Waals surface area contributed by atoms with E-state index in [0.717, 1.165) is 22.0 Å². The number of carbonyl (C=O) groups is 1. The summed E-state index contributed by atoms with van der Waals surface area (Å²) in [6.07, 6.45) is 1.56. The van der Waals surface area contributed by atoms with E-state index in [4.69, 9.17) is 25.8 Å². The number of nitrogens with zero attached hydrogens (tertiary/aromatic N) is 1. The number of anilines is 1. The number of sulfonamides is 1. The van der Waals surface area contributed by atoms with E-state index in [1.54, 1.807) is 24.3 Å². The Morgan fingerprint density at radius 3 is 2.21 bits per heavy atom. The van der Waals surface area contributed by atoms with Crippen LogP contribution >= 0.6 is 11.6 Å². The average molecular weight is 561 g/mol. The molecule has 0 aliphatic carbocycles. The van der Waals surface area contributed by atoms with Crippen LogP contribution in [0.15, 0.2) is 71.6 Å². The van der Waals surface area contributed by atoms with E-state index in [1.165, 1.54) is 32.4 Å². The van der Waals surface area contributed by atoms with Crippen molar-refractivity contribution in [1.82, 2.24) is 5.32 Å². The average Bonchev–Trinajstić information content (AvgIpc) is 2.90. The summed E-state index contributed by atoms with van der Waals surface area (Å²) >= 11 is 6.01. The molecule has 204 valence electrons. The molecule has 0 aliphatic rings. The van der Waals surface area contributed by atoms with Gasteiger partial charge in [-0.25, -0.2) is 8.42 Å². The molecular weight excluding hydrogens is 528 g/mol. The zero-order valence-electron chi connectivity index (χ0n) is 21.9. The van der Waals surface area contributed by atoms with Crippen LogP contribution < -0.4 is 23.8 Å². The minimum absolute atomic E-state index is 0.0391. The molecule has 0 saturated heterocycles. The lowest BCUT2D eigenvalue weighted by Crippen LogP contribution is -2.41. The normalized spacial score (nSPS) is 11.2. The number of rotatable bonds is 13. The molecule has 0 heterocycles. The second-order valence-corrected chi connectivity index (χ2v) is 11.1. The molecule has 1 amide bonds. The van der Waals surface area contributed by atoms with Gasteiger partial charge in [0.25, 0.3) is 10.0 Å². The van der Waals surface area contributed by atoms with Gasteiger partial charge in [0.15, 0.2) is 11.5 Å². The fourth-order valence-corrected chi connectivity index (χ4v) is 5.30. The van der Waals surface area contributed by atoms with Gasteiger partial charge in [0, 0.05) is 17.6 Å². The molecule has 1 N–H and O–H groups in total. The quantitative estimate of drug-likeness (QED) is 0.293. The van der Waals surface area contributed by atoms with Crippen molar-refractivity contribution < 1.29 is 27.4 Å². The van der Waals surface area contributed by atoms with Crippen LogP contribution in [0.4, 0.5) is 5.69 Å². The second-order valence-electron chi connectivity index (χ2n) is 8.77. The molecule has 8 nitrogen and oxygen atoms in total. The standard InChI is InChI=1S/C28H33ClN2O6S/c1-20(2)37-24-13-7-21(8-14-24)6-5-17-30-28(32)19-31(23-11-9-22(29)10-12-23)38(33,34)25-15-16-26(35-3)27(18-25)36-4/h7-16,18,20H,5-6,17,19H2,1-4H3,(H,30,32). The van der Waals surface area contributed by atoms with Gasteiger partial charge in [-0.1, -0.05) is 23.7 Å².